The lowest BCUT2D eigenvalue weighted by atomic mass is 9.87. The van der Waals surface area contributed by atoms with E-state index in [-0.39, 0.29) is 0 Å². The van der Waals surface area contributed by atoms with Crippen LogP contribution in [0.25, 0.3) is 0 Å². The first-order valence-electron chi connectivity index (χ1n) is 3.45. The van der Waals surface area contributed by atoms with Gasteiger partial charge in [-0.15, -0.1) is 0 Å². The van der Waals surface area contributed by atoms with Crippen molar-refractivity contribution in [1.82, 2.24) is 4.90 Å². The number of hydrogen-bond donors (Lipinski definition) is 0. The van der Waals surface area contributed by atoms with E-state index in [4.69, 9.17) is 0 Å². The third kappa shape index (κ3) is 0.368. The molecule has 1 spiro atoms. The van der Waals surface area contributed by atoms with Crippen molar-refractivity contribution in [2.24, 2.45) is 5.41 Å². The molecule has 0 bridgehead atoms. The van der Waals surface area contributed by atoms with Crippen LogP contribution >= 0.6 is 0 Å². The minimum Gasteiger partial charge on any atom is -0.302 e. The van der Waals surface area contributed by atoms with E-state index in [9.17, 15) is 0 Å². The van der Waals surface area contributed by atoms with Gasteiger partial charge in [-0.2, -0.15) is 0 Å². The smallest absolute Gasteiger partial charge is 0.0133 e. The van der Waals surface area contributed by atoms with Crippen molar-refractivity contribution in [2.45, 2.75) is 25.8 Å². The summed E-state index contributed by atoms with van der Waals surface area (Å²) in [5.74, 6) is 0. The molecule has 0 amide bonds. The number of nitrogens with zero attached hydrogens (tertiary/aromatic N) is 1. The average molecular weight is 111 g/mol. The molecule has 0 aromatic heterocycles. The van der Waals surface area contributed by atoms with Gasteiger partial charge >= 0.3 is 0 Å². The molecule has 2 rings (SSSR count). The molecule has 1 heterocycles. The van der Waals surface area contributed by atoms with E-state index < -0.39 is 0 Å². The van der Waals surface area contributed by atoms with Gasteiger partial charge in [-0.1, -0.05) is 0 Å². The molecule has 1 aliphatic heterocycles. The van der Waals surface area contributed by atoms with Crippen LogP contribution in [0.2, 0.25) is 0 Å². The van der Waals surface area contributed by atoms with Crippen LogP contribution in [-0.2, 0) is 0 Å². The first-order chi connectivity index (χ1) is 3.75. The quantitative estimate of drug-likeness (QED) is 0.452. The molecule has 1 saturated carbocycles. The summed E-state index contributed by atoms with van der Waals surface area (Å²) in [6.45, 7) is 3.71. The number of likely N-dealkylation sites (tertiary alicyclic amines) is 1. The van der Waals surface area contributed by atoms with Crippen molar-refractivity contribution in [3.8, 4) is 0 Å². The molecule has 1 atom stereocenters. The van der Waals surface area contributed by atoms with Gasteiger partial charge in [-0.05, 0) is 32.2 Å². The van der Waals surface area contributed by atoms with Gasteiger partial charge in [0, 0.05) is 12.6 Å². The summed E-state index contributed by atoms with van der Waals surface area (Å²) < 4.78 is 0. The fourth-order valence-electron chi connectivity index (χ4n) is 1.86. The third-order valence-electron chi connectivity index (χ3n) is 3.00. The Morgan fingerprint density at radius 2 is 2.12 bits per heavy atom. The van der Waals surface area contributed by atoms with Gasteiger partial charge in [0.05, 0.1) is 0 Å². The topological polar surface area (TPSA) is 3.24 Å². The van der Waals surface area contributed by atoms with E-state index in [2.05, 4.69) is 18.9 Å². The van der Waals surface area contributed by atoms with Crippen molar-refractivity contribution < 1.29 is 0 Å². The normalized spacial score (nSPS) is 42.0. The lowest BCUT2D eigenvalue weighted by Crippen LogP contribution is -2.53. The average Bonchev–Trinajstić information content (AvgIpc) is 2.49. The lowest BCUT2D eigenvalue weighted by molar-refractivity contribution is 0.0348. The number of hydrogen-bond acceptors (Lipinski definition) is 1. The van der Waals surface area contributed by atoms with Crippen LogP contribution < -0.4 is 0 Å². The highest BCUT2D eigenvalue weighted by Gasteiger charge is 2.56. The van der Waals surface area contributed by atoms with Crippen LogP contribution in [0.15, 0.2) is 0 Å². The fraction of sp³-hybridized carbons (Fsp3) is 1.00. The Morgan fingerprint density at radius 3 is 2.25 bits per heavy atom. The fourth-order valence-corrected chi connectivity index (χ4v) is 1.86. The molecule has 8 heavy (non-hydrogen) atoms. The van der Waals surface area contributed by atoms with Crippen molar-refractivity contribution in [3.63, 3.8) is 0 Å². The van der Waals surface area contributed by atoms with Gasteiger partial charge in [0.2, 0.25) is 0 Å². The van der Waals surface area contributed by atoms with Crippen molar-refractivity contribution in [3.05, 3.63) is 0 Å². The van der Waals surface area contributed by atoms with Gasteiger partial charge in [-0.25, -0.2) is 0 Å². The Balaban J connectivity index is 2.06. The van der Waals surface area contributed by atoms with E-state index in [1.807, 2.05) is 0 Å². The van der Waals surface area contributed by atoms with E-state index in [1.54, 1.807) is 0 Å². The van der Waals surface area contributed by atoms with Gasteiger partial charge < -0.3 is 4.90 Å². The molecular formula is C7H13N. The zero-order valence-corrected chi connectivity index (χ0v) is 5.65. The van der Waals surface area contributed by atoms with Gasteiger partial charge in [0.1, 0.15) is 0 Å². The van der Waals surface area contributed by atoms with Crippen molar-refractivity contribution >= 4 is 0 Å². The molecule has 0 N–H and O–H groups in total. The molecule has 2 fully saturated rings. The van der Waals surface area contributed by atoms with Crippen LogP contribution in [0.5, 0.6) is 0 Å². The highest BCUT2D eigenvalue weighted by molar-refractivity contribution is 5.09. The molecule has 2 aliphatic rings. The first kappa shape index (κ1) is 4.80. The summed E-state index contributed by atoms with van der Waals surface area (Å²) in [5, 5.41) is 0. The van der Waals surface area contributed by atoms with E-state index in [0.29, 0.717) is 0 Å². The Kier molecular flexibility index (Phi) is 0.663. The maximum absolute atomic E-state index is 2.44. The van der Waals surface area contributed by atoms with Crippen molar-refractivity contribution in [2.75, 3.05) is 13.6 Å². The van der Waals surface area contributed by atoms with Crippen LogP contribution in [0.4, 0.5) is 0 Å². The van der Waals surface area contributed by atoms with E-state index in [1.165, 1.54) is 19.4 Å². The second kappa shape index (κ2) is 1.10. The maximum Gasteiger partial charge on any atom is 0.0133 e. The largest absolute Gasteiger partial charge is 0.302 e. The Morgan fingerprint density at radius 1 is 1.50 bits per heavy atom. The van der Waals surface area contributed by atoms with Crippen LogP contribution in [-0.4, -0.2) is 24.5 Å². The van der Waals surface area contributed by atoms with Crippen LogP contribution in [0.3, 0.4) is 0 Å². The highest BCUT2D eigenvalue weighted by atomic mass is 15.2. The minimum atomic E-state index is 0.828. The van der Waals surface area contributed by atoms with E-state index >= 15 is 0 Å². The zero-order chi connectivity index (χ0) is 5.78. The zero-order valence-electron chi connectivity index (χ0n) is 5.65. The molecule has 1 heteroatoms. The van der Waals surface area contributed by atoms with Gasteiger partial charge in [0.25, 0.3) is 0 Å². The predicted octanol–water partition coefficient (Wildman–Crippen LogP) is 1.10. The first-order valence-corrected chi connectivity index (χ1v) is 3.45. The molecule has 1 aliphatic carbocycles. The Labute approximate surface area is 50.7 Å². The molecule has 46 valence electrons. The third-order valence-corrected chi connectivity index (χ3v) is 3.00. The standard InChI is InChI=1S/C7H13N/c1-6-7(3-4-7)5-8(6)2/h6H,3-5H2,1-2H3. The number of rotatable bonds is 0. The summed E-state index contributed by atoms with van der Waals surface area (Å²) in [7, 11) is 2.22. The summed E-state index contributed by atoms with van der Waals surface area (Å²) in [6, 6.07) is 0.891. The highest BCUT2D eigenvalue weighted by Crippen LogP contribution is 2.56. The Hall–Kier alpha value is -0.0400. The Bertz CT molecular complexity index is 116. The summed E-state index contributed by atoms with van der Waals surface area (Å²) in [4.78, 5) is 2.44. The lowest BCUT2D eigenvalue weighted by Gasteiger charge is -2.45. The summed E-state index contributed by atoms with van der Waals surface area (Å²) in [6.07, 6.45) is 3.00. The molecular weight excluding hydrogens is 98.1 g/mol. The monoisotopic (exact) mass is 111 g/mol. The molecule has 1 unspecified atom stereocenters. The molecule has 0 radical (unpaired) electrons. The molecule has 0 aromatic rings. The van der Waals surface area contributed by atoms with Crippen LogP contribution in [0, 0.1) is 5.41 Å². The summed E-state index contributed by atoms with van der Waals surface area (Å²) >= 11 is 0. The minimum absolute atomic E-state index is 0.828. The van der Waals surface area contributed by atoms with Crippen molar-refractivity contribution in [1.29, 1.82) is 0 Å². The van der Waals surface area contributed by atoms with Gasteiger partial charge in [0.15, 0.2) is 0 Å². The second-order valence-electron chi connectivity index (χ2n) is 3.45. The SMILES string of the molecule is CC1N(C)CC12CC2. The molecule has 1 saturated heterocycles. The maximum atomic E-state index is 2.44. The van der Waals surface area contributed by atoms with E-state index in [0.717, 1.165) is 11.5 Å². The second-order valence-corrected chi connectivity index (χ2v) is 3.45. The summed E-state index contributed by atoms with van der Waals surface area (Å²) in [5.41, 5.74) is 0.828. The molecule has 1 nitrogen and oxygen atoms in total. The molecule has 0 aromatic carbocycles. The van der Waals surface area contributed by atoms with Gasteiger partial charge in [-0.3, -0.25) is 0 Å². The van der Waals surface area contributed by atoms with Crippen LogP contribution in [0.1, 0.15) is 19.8 Å². The predicted molar refractivity (Wildman–Crippen MR) is 33.8 cm³/mol.